The van der Waals surface area contributed by atoms with Crippen molar-refractivity contribution in [3.8, 4) is 0 Å². The third-order valence-electron chi connectivity index (χ3n) is 3.96. The molecule has 0 aromatic heterocycles. The molecule has 7 heteroatoms. The van der Waals surface area contributed by atoms with E-state index in [9.17, 15) is 31.4 Å². The largest absolute Gasteiger partial charge is 0.416 e. The first-order chi connectivity index (χ1) is 11.0. The predicted molar refractivity (Wildman–Crippen MR) is 76.1 cm³/mol. The Balaban J connectivity index is 2.69. The van der Waals surface area contributed by atoms with Crippen LogP contribution in [0, 0.1) is 5.92 Å². The molecule has 0 saturated carbocycles. The first-order valence-corrected chi connectivity index (χ1v) is 6.99. The van der Waals surface area contributed by atoms with E-state index in [2.05, 4.69) is 0 Å². The SMILES string of the molecule is CC(C(F)(F)F)C(O)(c1ccccc1)c1cccc(C(F)(F)F)c1. The van der Waals surface area contributed by atoms with E-state index in [1.807, 2.05) is 0 Å². The molecule has 0 aliphatic carbocycles. The molecule has 1 nitrogen and oxygen atoms in total. The van der Waals surface area contributed by atoms with Crippen molar-refractivity contribution in [2.75, 3.05) is 0 Å². The normalized spacial score (nSPS) is 16.5. The molecule has 2 rings (SSSR count). The third kappa shape index (κ3) is 3.40. The zero-order chi connectivity index (χ0) is 18.2. The van der Waals surface area contributed by atoms with Crippen LogP contribution in [-0.2, 0) is 11.8 Å². The fourth-order valence-electron chi connectivity index (χ4n) is 2.53. The lowest BCUT2D eigenvalue weighted by molar-refractivity contribution is -0.214. The second kappa shape index (κ2) is 6.12. The number of halogens is 6. The summed E-state index contributed by atoms with van der Waals surface area (Å²) in [5, 5.41) is 10.9. The number of rotatable bonds is 3. The molecule has 2 aromatic carbocycles. The molecule has 0 saturated heterocycles. The molecule has 24 heavy (non-hydrogen) atoms. The van der Waals surface area contributed by atoms with Gasteiger partial charge < -0.3 is 5.11 Å². The van der Waals surface area contributed by atoms with Gasteiger partial charge in [-0.05, 0) is 23.3 Å². The standard InChI is InChI=1S/C17H14F6O/c1-11(16(18,19)20)15(24,12-6-3-2-4-7-12)13-8-5-9-14(10-13)17(21,22)23/h2-11,24H,1H3. The second-order valence-corrected chi connectivity index (χ2v) is 5.47. The van der Waals surface area contributed by atoms with Gasteiger partial charge in [0.2, 0.25) is 0 Å². The summed E-state index contributed by atoms with van der Waals surface area (Å²) in [5.41, 5.74) is -4.35. The highest BCUT2D eigenvalue weighted by atomic mass is 19.4. The van der Waals surface area contributed by atoms with E-state index in [1.165, 1.54) is 30.3 Å². The number of benzene rings is 2. The summed E-state index contributed by atoms with van der Waals surface area (Å²) < 4.78 is 78.5. The molecule has 0 aliphatic rings. The minimum Gasteiger partial charge on any atom is -0.380 e. The summed E-state index contributed by atoms with van der Waals surface area (Å²) in [4.78, 5) is 0. The molecule has 0 spiro atoms. The molecule has 2 unspecified atom stereocenters. The molecule has 0 bridgehead atoms. The summed E-state index contributed by atoms with van der Waals surface area (Å²) in [5.74, 6) is -2.31. The highest BCUT2D eigenvalue weighted by molar-refractivity contribution is 5.39. The van der Waals surface area contributed by atoms with Gasteiger partial charge in [0, 0.05) is 0 Å². The average molecular weight is 348 g/mol. The van der Waals surface area contributed by atoms with Gasteiger partial charge in [0.25, 0.3) is 0 Å². The Morgan fingerprint density at radius 3 is 1.75 bits per heavy atom. The predicted octanol–water partition coefficient (Wildman–Crippen LogP) is 5.14. The Kier molecular flexibility index (Phi) is 4.68. The van der Waals surface area contributed by atoms with Crippen LogP contribution in [0.5, 0.6) is 0 Å². The van der Waals surface area contributed by atoms with Crippen molar-refractivity contribution >= 4 is 0 Å². The van der Waals surface area contributed by atoms with Crippen molar-refractivity contribution < 1.29 is 31.4 Å². The van der Waals surface area contributed by atoms with Crippen molar-refractivity contribution in [3.63, 3.8) is 0 Å². The lowest BCUT2D eigenvalue weighted by Gasteiger charge is -2.36. The fraction of sp³-hybridized carbons (Fsp3) is 0.294. The molecule has 0 fully saturated rings. The minimum atomic E-state index is -4.81. The zero-order valence-electron chi connectivity index (χ0n) is 12.5. The van der Waals surface area contributed by atoms with E-state index in [0.717, 1.165) is 25.1 Å². The van der Waals surface area contributed by atoms with Gasteiger partial charge >= 0.3 is 12.4 Å². The van der Waals surface area contributed by atoms with Crippen LogP contribution in [0.3, 0.4) is 0 Å². The molecular formula is C17H14F6O. The van der Waals surface area contributed by atoms with E-state index in [0.29, 0.717) is 6.07 Å². The molecule has 130 valence electrons. The van der Waals surface area contributed by atoms with E-state index >= 15 is 0 Å². The van der Waals surface area contributed by atoms with Gasteiger partial charge in [0.05, 0.1) is 11.5 Å². The van der Waals surface area contributed by atoms with Crippen molar-refractivity contribution in [3.05, 3.63) is 71.3 Å². The van der Waals surface area contributed by atoms with Gasteiger partial charge in [-0.15, -0.1) is 0 Å². The molecular weight excluding hydrogens is 334 g/mol. The second-order valence-electron chi connectivity index (χ2n) is 5.47. The van der Waals surface area contributed by atoms with Crippen LogP contribution in [0.15, 0.2) is 54.6 Å². The van der Waals surface area contributed by atoms with Crippen LogP contribution < -0.4 is 0 Å². The first-order valence-electron chi connectivity index (χ1n) is 6.99. The lowest BCUT2D eigenvalue weighted by atomic mass is 9.76. The van der Waals surface area contributed by atoms with Crippen molar-refractivity contribution in [1.82, 2.24) is 0 Å². The Bertz CT molecular complexity index is 692. The molecule has 0 radical (unpaired) electrons. The topological polar surface area (TPSA) is 20.2 Å². The molecule has 1 N–H and O–H groups in total. The number of alkyl halides is 6. The van der Waals surface area contributed by atoms with Crippen LogP contribution in [0.4, 0.5) is 26.3 Å². The van der Waals surface area contributed by atoms with Gasteiger partial charge in [-0.25, -0.2) is 0 Å². The Morgan fingerprint density at radius 2 is 1.25 bits per heavy atom. The smallest absolute Gasteiger partial charge is 0.380 e. The van der Waals surface area contributed by atoms with E-state index in [4.69, 9.17) is 0 Å². The monoisotopic (exact) mass is 348 g/mol. The van der Waals surface area contributed by atoms with Crippen molar-refractivity contribution in [1.29, 1.82) is 0 Å². The molecule has 2 atom stereocenters. The Labute approximate surface area is 134 Å². The summed E-state index contributed by atoms with van der Waals surface area (Å²) in [7, 11) is 0. The molecule has 0 heterocycles. The van der Waals surface area contributed by atoms with E-state index in [-0.39, 0.29) is 5.56 Å². The summed E-state index contributed by atoms with van der Waals surface area (Å²) >= 11 is 0. The van der Waals surface area contributed by atoms with Crippen LogP contribution in [0.2, 0.25) is 0 Å². The summed E-state index contributed by atoms with van der Waals surface area (Å²) in [6.45, 7) is 0.743. The average Bonchev–Trinajstić information content (AvgIpc) is 2.52. The molecule has 0 amide bonds. The Hall–Kier alpha value is -2.02. The van der Waals surface area contributed by atoms with Crippen LogP contribution in [-0.4, -0.2) is 11.3 Å². The van der Waals surface area contributed by atoms with Gasteiger partial charge in [-0.3, -0.25) is 0 Å². The van der Waals surface area contributed by atoms with Gasteiger partial charge in [0.1, 0.15) is 5.60 Å². The number of aliphatic hydroxyl groups is 1. The minimum absolute atomic E-state index is 0.130. The van der Waals surface area contributed by atoms with E-state index in [1.54, 1.807) is 0 Å². The summed E-state index contributed by atoms with van der Waals surface area (Å²) in [6, 6.07) is 10.2. The third-order valence-corrected chi connectivity index (χ3v) is 3.96. The number of hydrogen-bond donors (Lipinski definition) is 1. The van der Waals surface area contributed by atoms with Gasteiger partial charge in [-0.1, -0.05) is 49.4 Å². The maximum atomic E-state index is 13.3. The first kappa shape index (κ1) is 18.3. The van der Waals surface area contributed by atoms with Crippen LogP contribution in [0.25, 0.3) is 0 Å². The molecule has 0 aliphatic heterocycles. The van der Waals surface area contributed by atoms with Gasteiger partial charge in [0.15, 0.2) is 0 Å². The maximum absolute atomic E-state index is 13.3. The van der Waals surface area contributed by atoms with Crippen molar-refractivity contribution in [2.24, 2.45) is 5.92 Å². The van der Waals surface area contributed by atoms with E-state index < -0.39 is 35.0 Å². The zero-order valence-corrected chi connectivity index (χ0v) is 12.5. The highest BCUT2D eigenvalue weighted by Gasteiger charge is 2.52. The number of hydrogen-bond acceptors (Lipinski definition) is 1. The Morgan fingerprint density at radius 1 is 0.750 bits per heavy atom. The van der Waals surface area contributed by atoms with Crippen LogP contribution in [0.1, 0.15) is 23.6 Å². The fourth-order valence-corrected chi connectivity index (χ4v) is 2.53. The summed E-state index contributed by atoms with van der Waals surface area (Å²) in [6.07, 6.45) is -9.53. The van der Waals surface area contributed by atoms with Crippen molar-refractivity contribution in [2.45, 2.75) is 24.9 Å². The molecule has 2 aromatic rings. The maximum Gasteiger partial charge on any atom is 0.416 e. The quantitative estimate of drug-likeness (QED) is 0.762. The van der Waals surface area contributed by atoms with Crippen LogP contribution >= 0.6 is 0 Å². The lowest BCUT2D eigenvalue weighted by Crippen LogP contribution is -2.43. The van der Waals surface area contributed by atoms with Gasteiger partial charge in [-0.2, -0.15) is 26.3 Å². The highest BCUT2D eigenvalue weighted by Crippen LogP contribution is 2.45.